The molecule has 156 valence electrons. The van der Waals surface area contributed by atoms with Gasteiger partial charge in [0.25, 0.3) is 11.7 Å². The highest BCUT2D eigenvalue weighted by atomic mass is 32.2. The van der Waals surface area contributed by atoms with Crippen LogP contribution in [0.3, 0.4) is 0 Å². The smallest absolute Gasteiger partial charge is 0.288 e. The number of aromatic nitrogens is 4. The highest BCUT2D eigenvalue weighted by molar-refractivity contribution is 7.99. The van der Waals surface area contributed by atoms with Crippen molar-refractivity contribution >= 4 is 23.5 Å². The molecule has 1 saturated heterocycles. The Kier molecular flexibility index (Phi) is 5.93. The molecule has 0 N–H and O–H groups in total. The van der Waals surface area contributed by atoms with E-state index < -0.39 is 5.76 Å². The first kappa shape index (κ1) is 20.3. The number of hydrogen-bond donors (Lipinski definition) is 0. The lowest BCUT2D eigenvalue weighted by molar-refractivity contribution is 0.0743. The van der Waals surface area contributed by atoms with Crippen LogP contribution in [-0.4, -0.2) is 62.5 Å². The number of amides is 1. The molecular formula is C20H20F2N6OS. The number of piperazine rings is 1. The van der Waals surface area contributed by atoms with Crippen molar-refractivity contribution in [1.29, 1.82) is 0 Å². The number of carbonyl (C=O) groups excluding carboxylic acids is 1. The van der Waals surface area contributed by atoms with Gasteiger partial charge in [0.05, 0.1) is 5.56 Å². The Labute approximate surface area is 176 Å². The van der Waals surface area contributed by atoms with Crippen molar-refractivity contribution in [2.75, 3.05) is 31.1 Å². The van der Waals surface area contributed by atoms with E-state index in [4.69, 9.17) is 0 Å². The first-order valence-corrected chi connectivity index (χ1v) is 10.3. The minimum atomic E-state index is -2.57. The largest absolute Gasteiger partial charge is 0.353 e. The van der Waals surface area contributed by atoms with Crippen LogP contribution in [-0.2, 0) is 0 Å². The predicted molar refractivity (Wildman–Crippen MR) is 110 cm³/mol. The molecule has 1 aliphatic heterocycles. The lowest BCUT2D eigenvalue weighted by Gasteiger charge is -2.35. The Hall–Kier alpha value is -3.01. The molecule has 0 bridgehead atoms. The van der Waals surface area contributed by atoms with Gasteiger partial charge in [0, 0.05) is 49.5 Å². The molecule has 2 aromatic heterocycles. The molecule has 3 aromatic rings. The molecule has 0 saturated carbocycles. The van der Waals surface area contributed by atoms with E-state index >= 15 is 0 Å². The summed E-state index contributed by atoms with van der Waals surface area (Å²) in [5.41, 5.74) is 0.315. The summed E-state index contributed by atoms with van der Waals surface area (Å²) in [5.74, 6) is -0.711. The van der Waals surface area contributed by atoms with E-state index in [9.17, 15) is 13.6 Å². The Bertz CT molecular complexity index is 1020. The van der Waals surface area contributed by atoms with Crippen molar-refractivity contribution in [2.24, 2.45) is 0 Å². The third-order valence-corrected chi connectivity index (χ3v) is 5.56. The number of carbonyl (C=O) groups is 1. The average Bonchev–Trinajstić information content (AvgIpc) is 3.28. The summed E-state index contributed by atoms with van der Waals surface area (Å²) in [6.45, 7) is 3.96. The topological polar surface area (TPSA) is 67.2 Å². The van der Waals surface area contributed by atoms with Crippen molar-refractivity contribution in [1.82, 2.24) is 24.6 Å². The first-order chi connectivity index (χ1) is 14.5. The number of anilines is 1. The van der Waals surface area contributed by atoms with E-state index in [1.807, 2.05) is 25.3 Å². The lowest BCUT2D eigenvalue weighted by atomic mass is 10.2. The molecule has 1 aliphatic rings. The van der Waals surface area contributed by atoms with Crippen molar-refractivity contribution in [3.8, 4) is 5.82 Å². The summed E-state index contributed by atoms with van der Waals surface area (Å²) >= 11 is 0.400. The third kappa shape index (κ3) is 4.43. The van der Waals surface area contributed by atoms with Crippen molar-refractivity contribution in [3.63, 3.8) is 0 Å². The summed E-state index contributed by atoms with van der Waals surface area (Å²) in [6, 6.07) is 10.2. The summed E-state index contributed by atoms with van der Waals surface area (Å²) in [6.07, 6.45) is 3.50. The van der Waals surface area contributed by atoms with E-state index in [1.165, 1.54) is 0 Å². The summed E-state index contributed by atoms with van der Waals surface area (Å²) in [7, 11) is 0. The van der Waals surface area contributed by atoms with Crippen LogP contribution >= 0.6 is 11.8 Å². The van der Waals surface area contributed by atoms with E-state index in [0.29, 0.717) is 60.0 Å². The molecule has 0 radical (unpaired) electrons. The molecule has 1 amide bonds. The quantitative estimate of drug-likeness (QED) is 0.579. The monoisotopic (exact) mass is 430 g/mol. The number of nitrogens with zero attached hydrogens (tertiary/aromatic N) is 6. The fraction of sp³-hybridized carbons (Fsp3) is 0.300. The molecule has 0 spiro atoms. The first-order valence-electron chi connectivity index (χ1n) is 9.45. The Morgan fingerprint density at radius 2 is 1.80 bits per heavy atom. The van der Waals surface area contributed by atoms with Gasteiger partial charge in [-0.25, -0.2) is 14.6 Å². The number of thioether (sulfide) groups is 1. The molecular weight excluding hydrogens is 410 g/mol. The minimum absolute atomic E-state index is 0.227. The molecule has 1 fully saturated rings. The highest BCUT2D eigenvalue weighted by Gasteiger charge is 2.25. The van der Waals surface area contributed by atoms with Gasteiger partial charge in [-0.15, -0.1) is 0 Å². The van der Waals surface area contributed by atoms with E-state index in [2.05, 4.69) is 20.0 Å². The van der Waals surface area contributed by atoms with Crippen LogP contribution in [0.2, 0.25) is 0 Å². The molecule has 0 unspecified atom stereocenters. The maximum Gasteiger partial charge on any atom is 0.288 e. The zero-order valence-electron chi connectivity index (χ0n) is 16.3. The second-order valence-corrected chi connectivity index (χ2v) is 7.77. The fourth-order valence-electron chi connectivity index (χ4n) is 3.37. The standard InChI is InChI=1S/C20H20F2N6OS/c1-14-24-17(13-18(25-14)28-8-4-7-23-28)26-9-11-27(12-10-26)19(29)15-5-2-3-6-16(15)30-20(21)22/h2-8,13,20H,9-12H2,1H3. The normalized spacial score (nSPS) is 14.4. The van der Waals surface area contributed by atoms with Crippen molar-refractivity contribution in [3.05, 3.63) is 60.2 Å². The number of alkyl halides is 2. The van der Waals surface area contributed by atoms with E-state index in [1.54, 1.807) is 40.0 Å². The van der Waals surface area contributed by atoms with Crippen LogP contribution in [0.15, 0.2) is 53.7 Å². The average molecular weight is 430 g/mol. The van der Waals surface area contributed by atoms with Gasteiger partial charge in [-0.1, -0.05) is 23.9 Å². The lowest BCUT2D eigenvalue weighted by Crippen LogP contribution is -2.49. The van der Waals surface area contributed by atoms with Gasteiger partial charge in [0.15, 0.2) is 5.82 Å². The van der Waals surface area contributed by atoms with Gasteiger partial charge in [-0.2, -0.15) is 13.9 Å². The molecule has 0 atom stereocenters. The summed E-state index contributed by atoms with van der Waals surface area (Å²) in [4.78, 5) is 26.0. The van der Waals surface area contributed by atoms with Crippen molar-refractivity contribution < 1.29 is 13.6 Å². The fourth-order valence-corrected chi connectivity index (χ4v) is 4.00. The Balaban J connectivity index is 1.47. The number of aryl methyl sites for hydroxylation is 1. The van der Waals surface area contributed by atoms with Crippen LogP contribution in [0, 0.1) is 6.92 Å². The van der Waals surface area contributed by atoms with Crippen LogP contribution in [0.4, 0.5) is 14.6 Å². The molecule has 7 nitrogen and oxygen atoms in total. The second-order valence-electron chi connectivity index (χ2n) is 6.74. The van der Waals surface area contributed by atoms with Gasteiger partial charge in [0.2, 0.25) is 0 Å². The maximum atomic E-state index is 12.9. The Morgan fingerprint density at radius 3 is 2.50 bits per heavy atom. The van der Waals surface area contributed by atoms with Crippen molar-refractivity contribution in [2.45, 2.75) is 17.6 Å². The number of hydrogen-bond acceptors (Lipinski definition) is 6. The molecule has 0 aliphatic carbocycles. The molecule has 3 heterocycles. The number of rotatable bonds is 5. The Morgan fingerprint density at radius 1 is 1.07 bits per heavy atom. The van der Waals surface area contributed by atoms with E-state index in [-0.39, 0.29) is 5.91 Å². The SMILES string of the molecule is Cc1nc(N2CCN(C(=O)c3ccccc3SC(F)F)CC2)cc(-n2cccn2)n1. The summed E-state index contributed by atoms with van der Waals surface area (Å²) < 4.78 is 27.3. The van der Waals surface area contributed by atoms with Gasteiger partial charge < -0.3 is 9.80 Å². The predicted octanol–water partition coefficient (Wildman–Crippen LogP) is 3.25. The van der Waals surface area contributed by atoms with Gasteiger partial charge in [-0.05, 0) is 25.1 Å². The third-order valence-electron chi connectivity index (χ3n) is 4.77. The zero-order valence-corrected chi connectivity index (χ0v) is 17.1. The number of halogens is 2. The molecule has 4 rings (SSSR count). The highest BCUT2D eigenvalue weighted by Crippen LogP contribution is 2.29. The van der Waals surface area contributed by atoms with Gasteiger partial charge >= 0.3 is 0 Å². The van der Waals surface area contributed by atoms with Crippen LogP contribution in [0.1, 0.15) is 16.2 Å². The molecule has 10 heteroatoms. The van der Waals surface area contributed by atoms with Crippen LogP contribution in [0.5, 0.6) is 0 Å². The van der Waals surface area contributed by atoms with Crippen LogP contribution in [0.25, 0.3) is 5.82 Å². The van der Waals surface area contributed by atoms with Gasteiger partial charge in [-0.3, -0.25) is 4.79 Å². The molecule has 30 heavy (non-hydrogen) atoms. The van der Waals surface area contributed by atoms with E-state index in [0.717, 1.165) is 5.82 Å². The summed E-state index contributed by atoms with van der Waals surface area (Å²) in [5, 5.41) is 4.21. The van der Waals surface area contributed by atoms with Crippen LogP contribution < -0.4 is 4.90 Å². The molecule has 1 aromatic carbocycles. The van der Waals surface area contributed by atoms with Gasteiger partial charge in [0.1, 0.15) is 11.6 Å². The number of benzene rings is 1. The minimum Gasteiger partial charge on any atom is -0.353 e. The zero-order chi connectivity index (χ0) is 21.1. The second kappa shape index (κ2) is 8.78. The maximum absolute atomic E-state index is 12.9.